The van der Waals surface area contributed by atoms with Gasteiger partial charge in [0.15, 0.2) is 11.8 Å². The van der Waals surface area contributed by atoms with Gasteiger partial charge in [-0.25, -0.2) is 9.67 Å². The summed E-state index contributed by atoms with van der Waals surface area (Å²) in [4.78, 5) is 21.2. The van der Waals surface area contributed by atoms with E-state index < -0.39 is 0 Å². The Labute approximate surface area is 193 Å². The van der Waals surface area contributed by atoms with Crippen molar-refractivity contribution in [3.8, 4) is 5.75 Å². The number of phenols is 1. The molecule has 1 amide bonds. The standard InChI is InChI=1S/C20H29N7O2.HI/c1-3-17-25-18-10-7-15(13-27(18)26-17)24-20(21-4-2)23-12-11-22-19(29)14-5-8-16(28)9-6-14;/h5-6,8-9,15,28H,3-4,7,10-13H2,1-2H3,(H,22,29)(H2,21,23,24);1H. The van der Waals surface area contributed by atoms with Crippen LogP contribution in [0.5, 0.6) is 5.75 Å². The highest BCUT2D eigenvalue weighted by Gasteiger charge is 2.22. The maximum Gasteiger partial charge on any atom is 0.251 e. The molecule has 3 rings (SSSR count). The van der Waals surface area contributed by atoms with Crippen molar-refractivity contribution in [2.45, 2.75) is 45.7 Å². The molecule has 1 atom stereocenters. The topological polar surface area (TPSA) is 116 Å². The zero-order valence-electron chi connectivity index (χ0n) is 17.4. The maximum atomic E-state index is 12.1. The SMILES string of the molecule is CCNC(=NCCNC(=O)c1ccc(O)cc1)NC1CCc2nc(CC)nn2C1.I. The fraction of sp³-hybridized carbons (Fsp3) is 0.500. The minimum atomic E-state index is -0.184. The quantitative estimate of drug-likeness (QED) is 0.188. The first kappa shape index (κ1) is 23.9. The molecule has 0 bridgehead atoms. The smallest absolute Gasteiger partial charge is 0.251 e. The van der Waals surface area contributed by atoms with Crippen LogP contribution >= 0.6 is 24.0 Å². The average Bonchev–Trinajstić information content (AvgIpc) is 3.14. The van der Waals surface area contributed by atoms with Gasteiger partial charge >= 0.3 is 0 Å². The monoisotopic (exact) mass is 527 g/mol. The first-order chi connectivity index (χ1) is 14.1. The van der Waals surface area contributed by atoms with Crippen molar-refractivity contribution in [1.29, 1.82) is 0 Å². The van der Waals surface area contributed by atoms with Crippen molar-refractivity contribution in [3.63, 3.8) is 0 Å². The Bertz CT molecular complexity index is 851. The molecule has 1 aromatic heterocycles. The Balaban J connectivity index is 0.00000320. The number of fused-ring (bicyclic) bond motifs is 1. The summed E-state index contributed by atoms with van der Waals surface area (Å²) in [6.07, 6.45) is 2.72. The van der Waals surface area contributed by atoms with Crippen LogP contribution in [0.2, 0.25) is 0 Å². The number of nitrogens with zero attached hydrogens (tertiary/aromatic N) is 4. The molecule has 0 radical (unpaired) electrons. The Morgan fingerprint density at radius 1 is 1.27 bits per heavy atom. The summed E-state index contributed by atoms with van der Waals surface area (Å²) in [6.45, 7) is 6.49. The van der Waals surface area contributed by atoms with Crippen LogP contribution in [0.15, 0.2) is 29.3 Å². The van der Waals surface area contributed by atoms with Gasteiger partial charge in [0.05, 0.1) is 13.1 Å². The average molecular weight is 527 g/mol. The number of carbonyl (C=O) groups excluding carboxylic acids is 1. The summed E-state index contributed by atoms with van der Waals surface area (Å²) >= 11 is 0. The Morgan fingerprint density at radius 3 is 2.73 bits per heavy atom. The van der Waals surface area contributed by atoms with Gasteiger partial charge in [-0.05, 0) is 37.6 Å². The predicted molar refractivity (Wildman–Crippen MR) is 126 cm³/mol. The fourth-order valence-electron chi connectivity index (χ4n) is 3.19. The first-order valence-corrected chi connectivity index (χ1v) is 10.1. The molecule has 0 saturated heterocycles. The van der Waals surface area contributed by atoms with E-state index in [0.717, 1.165) is 50.0 Å². The lowest BCUT2D eigenvalue weighted by molar-refractivity contribution is 0.0955. The van der Waals surface area contributed by atoms with Gasteiger partial charge in [-0.3, -0.25) is 9.79 Å². The van der Waals surface area contributed by atoms with Crippen molar-refractivity contribution in [3.05, 3.63) is 41.5 Å². The van der Waals surface area contributed by atoms with E-state index in [1.54, 1.807) is 12.1 Å². The van der Waals surface area contributed by atoms with Crippen LogP contribution in [0.4, 0.5) is 0 Å². The number of aromatic nitrogens is 3. The summed E-state index contributed by atoms with van der Waals surface area (Å²) in [5.41, 5.74) is 0.508. The van der Waals surface area contributed by atoms with Gasteiger partial charge in [0.2, 0.25) is 0 Å². The minimum absolute atomic E-state index is 0. The number of amides is 1. The summed E-state index contributed by atoms with van der Waals surface area (Å²) in [5.74, 6) is 2.63. The van der Waals surface area contributed by atoms with E-state index in [2.05, 4.69) is 37.9 Å². The molecule has 1 aromatic carbocycles. The molecule has 2 aromatic rings. The number of aryl methyl sites for hydroxylation is 2. The van der Waals surface area contributed by atoms with Crippen LogP contribution in [0.25, 0.3) is 0 Å². The summed E-state index contributed by atoms with van der Waals surface area (Å²) in [7, 11) is 0. The van der Waals surface area contributed by atoms with Crippen molar-refractivity contribution < 1.29 is 9.90 Å². The zero-order valence-corrected chi connectivity index (χ0v) is 19.7. The molecule has 0 fully saturated rings. The van der Waals surface area contributed by atoms with E-state index in [4.69, 9.17) is 0 Å². The molecule has 9 nitrogen and oxygen atoms in total. The lowest BCUT2D eigenvalue weighted by Gasteiger charge is -2.25. The number of hydrogen-bond acceptors (Lipinski definition) is 5. The highest BCUT2D eigenvalue weighted by atomic mass is 127. The number of hydrogen-bond donors (Lipinski definition) is 4. The van der Waals surface area contributed by atoms with Crippen LogP contribution in [0.3, 0.4) is 0 Å². The Morgan fingerprint density at radius 2 is 2.03 bits per heavy atom. The molecule has 0 spiro atoms. The van der Waals surface area contributed by atoms with Crippen molar-refractivity contribution >= 4 is 35.8 Å². The van der Waals surface area contributed by atoms with Crippen molar-refractivity contribution in [2.24, 2.45) is 4.99 Å². The van der Waals surface area contributed by atoms with Crippen molar-refractivity contribution in [2.75, 3.05) is 19.6 Å². The first-order valence-electron chi connectivity index (χ1n) is 10.1. The lowest BCUT2D eigenvalue weighted by Crippen LogP contribution is -2.47. The zero-order chi connectivity index (χ0) is 20.6. The van der Waals surface area contributed by atoms with E-state index in [1.165, 1.54) is 12.1 Å². The Hall–Kier alpha value is -2.37. The largest absolute Gasteiger partial charge is 0.508 e. The highest BCUT2D eigenvalue weighted by molar-refractivity contribution is 14.0. The van der Waals surface area contributed by atoms with Gasteiger partial charge in [0, 0.05) is 37.5 Å². The van der Waals surface area contributed by atoms with Gasteiger partial charge < -0.3 is 21.1 Å². The third-order valence-corrected chi connectivity index (χ3v) is 4.70. The number of phenolic OH excluding ortho intramolecular Hbond substituents is 1. The van der Waals surface area contributed by atoms with Crippen LogP contribution in [0.1, 0.15) is 42.3 Å². The maximum absolute atomic E-state index is 12.1. The third kappa shape index (κ3) is 6.57. The van der Waals surface area contributed by atoms with Gasteiger partial charge in [-0.2, -0.15) is 5.10 Å². The normalized spacial score (nSPS) is 15.7. The molecular weight excluding hydrogens is 497 g/mol. The van der Waals surface area contributed by atoms with Crippen LogP contribution < -0.4 is 16.0 Å². The number of rotatable bonds is 7. The summed E-state index contributed by atoms with van der Waals surface area (Å²) in [5, 5.41) is 23.4. The van der Waals surface area contributed by atoms with Gasteiger partial charge in [-0.1, -0.05) is 6.92 Å². The van der Waals surface area contributed by atoms with Crippen molar-refractivity contribution in [1.82, 2.24) is 30.7 Å². The molecular formula is C20H30IN7O2. The summed E-state index contributed by atoms with van der Waals surface area (Å²) in [6, 6.07) is 6.40. The molecule has 1 aliphatic heterocycles. The van der Waals surface area contributed by atoms with E-state index in [1.807, 2.05) is 11.6 Å². The fourth-order valence-corrected chi connectivity index (χ4v) is 3.19. The molecule has 164 valence electrons. The number of halogens is 1. The number of benzene rings is 1. The number of aliphatic imine (C=N–C) groups is 1. The number of nitrogens with one attached hydrogen (secondary N) is 3. The minimum Gasteiger partial charge on any atom is -0.508 e. The lowest BCUT2D eigenvalue weighted by atomic mass is 10.1. The summed E-state index contributed by atoms with van der Waals surface area (Å²) < 4.78 is 1.99. The van der Waals surface area contributed by atoms with E-state index in [0.29, 0.717) is 18.7 Å². The molecule has 0 aliphatic carbocycles. The van der Waals surface area contributed by atoms with Crippen LogP contribution in [-0.2, 0) is 19.4 Å². The molecule has 30 heavy (non-hydrogen) atoms. The molecule has 4 N–H and O–H groups in total. The predicted octanol–water partition coefficient (Wildman–Crippen LogP) is 1.46. The van der Waals surface area contributed by atoms with Gasteiger partial charge in [-0.15, -0.1) is 24.0 Å². The van der Waals surface area contributed by atoms with Crippen LogP contribution in [-0.4, -0.2) is 57.4 Å². The third-order valence-electron chi connectivity index (χ3n) is 4.70. The number of guanidine groups is 1. The molecule has 10 heteroatoms. The van der Waals surface area contributed by atoms with E-state index >= 15 is 0 Å². The number of aromatic hydroxyl groups is 1. The Kier molecular flexibility index (Phi) is 9.34. The second-order valence-corrected chi connectivity index (χ2v) is 6.92. The van der Waals surface area contributed by atoms with Gasteiger partial charge in [0.25, 0.3) is 5.91 Å². The molecule has 1 aliphatic rings. The van der Waals surface area contributed by atoms with Crippen LogP contribution in [0, 0.1) is 0 Å². The van der Waals surface area contributed by atoms with Gasteiger partial charge in [0.1, 0.15) is 11.6 Å². The second kappa shape index (κ2) is 11.7. The highest BCUT2D eigenvalue weighted by Crippen LogP contribution is 2.13. The molecule has 1 unspecified atom stereocenters. The second-order valence-electron chi connectivity index (χ2n) is 6.92. The van der Waals surface area contributed by atoms with E-state index in [9.17, 15) is 9.90 Å². The number of carbonyl (C=O) groups is 1. The molecule has 0 saturated carbocycles. The van der Waals surface area contributed by atoms with E-state index in [-0.39, 0.29) is 41.7 Å². The molecule has 2 heterocycles.